The highest BCUT2D eigenvalue weighted by molar-refractivity contribution is 5.81. The topological polar surface area (TPSA) is 103 Å². The van der Waals surface area contributed by atoms with E-state index in [1.54, 1.807) is 19.3 Å². The lowest BCUT2D eigenvalue weighted by Crippen LogP contribution is -2.44. The minimum atomic E-state index is -0.568. The van der Waals surface area contributed by atoms with E-state index in [0.29, 0.717) is 42.9 Å². The van der Waals surface area contributed by atoms with Crippen molar-refractivity contribution in [1.29, 1.82) is 0 Å². The van der Waals surface area contributed by atoms with Gasteiger partial charge in [-0.05, 0) is 57.9 Å². The van der Waals surface area contributed by atoms with Gasteiger partial charge in [-0.15, -0.1) is 0 Å². The lowest BCUT2D eigenvalue weighted by atomic mass is 9.96. The quantitative estimate of drug-likeness (QED) is 0.554. The SMILES string of the molecule is CCOc1ccc(O[C@H](C)C(=O)N2CCC(c3noc(-c4cnc(C)cn4)n3)CC2)cc1. The van der Waals surface area contributed by atoms with Gasteiger partial charge >= 0.3 is 0 Å². The molecule has 1 atom stereocenters. The van der Waals surface area contributed by atoms with E-state index in [1.807, 2.05) is 43.0 Å². The first kappa shape index (κ1) is 21.7. The zero-order chi connectivity index (χ0) is 22.5. The molecule has 32 heavy (non-hydrogen) atoms. The normalized spacial score (nSPS) is 15.4. The Morgan fingerprint density at radius 3 is 2.53 bits per heavy atom. The Labute approximate surface area is 186 Å². The molecule has 3 aromatic rings. The van der Waals surface area contributed by atoms with Gasteiger partial charge in [0.1, 0.15) is 17.2 Å². The molecule has 0 aliphatic carbocycles. The Kier molecular flexibility index (Phi) is 6.63. The van der Waals surface area contributed by atoms with E-state index in [-0.39, 0.29) is 11.8 Å². The number of aryl methyl sites for hydroxylation is 1. The van der Waals surface area contributed by atoms with E-state index in [1.165, 1.54) is 0 Å². The van der Waals surface area contributed by atoms with E-state index < -0.39 is 6.10 Å². The van der Waals surface area contributed by atoms with Gasteiger partial charge < -0.3 is 18.9 Å². The lowest BCUT2D eigenvalue weighted by molar-refractivity contribution is -0.139. The molecule has 1 aliphatic heterocycles. The third-order valence-electron chi connectivity index (χ3n) is 5.41. The predicted octanol–water partition coefficient (Wildman–Crippen LogP) is 3.41. The molecule has 0 spiro atoms. The molecule has 168 valence electrons. The van der Waals surface area contributed by atoms with Crippen LogP contribution in [-0.4, -0.2) is 56.7 Å². The molecule has 1 amide bonds. The van der Waals surface area contributed by atoms with Crippen LogP contribution < -0.4 is 9.47 Å². The van der Waals surface area contributed by atoms with Crippen LogP contribution in [0, 0.1) is 6.92 Å². The minimum absolute atomic E-state index is 0.0268. The summed E-state index contributed by atoms with van der Waals surface area (Å²) >= 11 is 0. The van der Waals surface area contributed by atoms with Crippen molar-refractivity contribution < 1.29 is 18.8 Å². The van der Waals surface area contributed by atoms with Crippen LogP contribution in [0.1, 0.15) is 44.1 Å². The van der Waals surface area contributed by atoms with E-state index in [9.17, 15) is 4.79 Å². The fourth-order valence-electron chi connectivity index (χ4n) is 3.66. The lowest BCUT2D eigenvalue weighted by Gasteiger charge is -2.32. The van der Waals surface area contributed by atoms with Crippen LogP contribution >= 0.6 is 0 Å². The first-order valence-corrected chi connectivity index (χ1v) is 10.8. The third-order valence-corrected chi connectivity index (χ3v) is 5.41. The van der Waals surface area contributed by atoms with Crippen LogP contribution in [0.3, 0.4) is 0 Å². The van der Waals surface area contributed by atoms with Crippen LogP contribution in [-0.2, 0) is 4.79 Å². The van der Waals surface area contributed by atoms with E-state index >= 15 is 0 Å². The Hall–Kier alpha value is -3.49. The largest absolute Gasteiger partial charge is 0.494 e. The first-order chi connectivity index (χ1) is 15.5. The smallest absolute Gasteiger partial charge is 0.278 e. The summed E-state index contributed by atoms with van der Waals surface area (Å²) in [6, 6.07) is 7.30. The fourth-order valence-corrected chi connectivity index (χ4v) is 3.66. The summed E-state index contributed by atoms with van der Waals surface area (Å²) in [4.78, 5) is 27.7. The van der Waals surface area contributed by atoms with Crippen LogP contribution in [0.25, 0.3) is 11.6 Å². The number of carbonyl (C=O) groups excluding carboxylic acids is 1. The maximum absolute atomic E-state index is 12.8. The summed E-state index contributed by atoms with van der Waals surface area (Å²) in [5, 5.41) is 4.13. The maximum atomic E-state index is 12.8. The minimum Gasteiger partial charge on any atom is -0.494 e. The van der Waals surface area contributed by atoms with Crippen molar-refractivity contribution in [3.8, 4) is 23.1 Å². The second-order valence-corrected chi connectivity index (χ2v) is 7.76. The van der Waals surface area contributed by atoms with Crippen LogP contribution in [0.2, 0.25) is 0 Å². The molecule has 3 heterocycles. The van der Waals surface area contributed by atoms with Gasteiger partial charge in [0.15, 0.2) is 11.9 Å². The zero-order valence-corrected chi connectivity index (χ0v) is 18.5. The number of hydrogen-bond donors (Lipinski definition) is 0. The molecular formula is C23H27N5O4. The number of ether oxygens (including phenoxy) is 2. The average molecular weight is 438 g/mol. The Balaban J connectivity index is 1.30. The molecule has 1 aliphatic rings. The Morgan fingerprint density at radius 1 is 1.16 bits per heavy atom. The molecule has 0 N–H and O–H groups in total. The Bertz CT molecular complexity index is 1030. The number of likely N-dealkylation sites (tertiary alicyclic amines) is 1. The molecule has 4 rings (SSSR count). The van der Waals surface area contributed by atoms with Crippen molar-refractivity contribution in [2.24, 2.45) is 0 Å². The monoisotopic (exact) mass is 437 g/mol. The van der Waals surface area contributed by atoms with Gasteiger partial charge in [-0.25, -0.2) is 4.98 Å². The summed E-state index contributed by atoms with van der Waals surface area (Å²) in [5.74, 6) is 2.54. The second-order valence-electron chi connectivity index (χ2n) is 7.76. The Morgan fingerprint density at radius 2 is 1.88 bits per heavy atom. The van der Waals surface area contributed by atoms with Gasteiger partial charge in [0, 0.05) is 25.2 Å². The van der Waals surface area contributed by atoms with Gasteiger partial charge in [0.25, 0.3) is 11.8 Å². The molecule has 2 aromatic heterocycles. The summed E-state index contributed by atoms with van der Waals surface area (Å²) in [6.45, 7) is 7.43. The molecule has 0 bridgehead atoms. The van der Waals surface area contributed by atoms with Crippen molar-refractivity contribution in [3.63, 3.8) is 0 Å². The van der Waals surface area contributed by atoms with Gasteiger partial charge in [-0.2, -0.15) is 4.98 Å². The van der Waals surface area contributed by atoms with E-state index in [0.717, 1.165) is 24.3 Å². The molecule has 1 aromatic carbocycles. The number of amides is 1. The number of rotatable bonds is 7. The number of carbonyl (C=O) groups is 1. The molecule has 1 fully saturated rings. The number of piperidine rings is 1. The van der Waals surface area contributed by atoms with Crippen molar-refractivity contribution in [2.75, 3.05) is 19.7 Å². The number of aromatic nitrogens is 4. The number of nitrogens with zero attached hydrogens (tertiary/aromatic N) is 5. The van der Waals surface area contributed by atoms with Crippen molar-refractivity contribution >= 4 is 5.91 Å². The van der Waals surface area contributed by atoms with Gasteiger partial charge in [0.05, 0.1) is 18.5 Å². The van der Waals surface area contributed by atoms with Crippen molar-refractivity contribution in [2.45, 2.75) is 45.6 Å². The summed E-state index contributed by atoms with van der Waals surface area (Å²) < 4.78 is 16.6. The van der Waals surface area contributed by atoms with Crippen LogP contribution in [0.4, 0.5) is 0 Å². The fraction of sp³-hybridized carbons (Fsp3) is 0.435. The van der Waals surface area contributed by atoms with Crippen molar-refractivity contribution in [1.82, 2.24) is 25.0 Å². The zero-order valence-electron chi connectivity index (χ0n) is 18.5. The third kappa shape index (κ3) is 5.04. The highest BCUT2D eigenvalue weighted by Gasteiger charge is 2.30. The van der Waals surface area contributed by atoms with Crippen molar-refractivity contribution in [3.05, 3.63) is 48.2 Å². The molecule has 9 nitrogen and oxygen atoms in total. The first-order valence-electron chi connectivity index (χ1n) is 10.8. The highest BCUT2D eigenvalue weighted by atomic mass is 16.5. The predicted molar refractivity (Wildman–Crippen MR) is 116 cm³/mol. The molecule has 0 saturated carbocycles. The number of benzene rings is 1. The second kappa shape index (κ2) is 9.76. The van der Waals surface area contributed by atoms with Gasteiger partial charge in [-0.1, -0.05) is 5.16 Å². The summed E-state index contributed by atoms with van der Waals surface area (Å²) in [5.41, 5.74) is 1.38. The summed E-state index contributed by atoms with van der Waals surface area (Å²) in [6.07, 6.45) is 4.25. The van der Waals surface area contributed by atoms with Crippen LogP contribution in [0.5, 0.6) is 11.5 Å². The van der Waals surface area contributed by atoms with Gasteiger partial charge in [-0.3, -0.25) is 9.78 Å². The van der Waals surface area contributed by atoms with E-state index in [4.69, 9.17) is 14.0 Å². The molecule has 0 unspecified atom stereocenters. The number of hydrogen-bond acceptors (Lipinski definition) is 8. The van der Waals surface area contributed by atoms with Crippen LogP contribution in [0.15, 0.2) is 41.2 Å². The highest BCUT2D eigenvalue weighted by Crippen LogP contribution is 2.28. The van der Waals surface area contributed by atoms with Gasteiger partial charge in [0.2, 0.25) is 0 Å². The molecule has 0 radical (unpaired) electrons. The molecule has 9 heteroatoms. The molecular weight excluding hydrogens is 410 g/mol. The summed E-state index contributed by atoms with van der Waals surface area (Å²) in [7, 11) is 0. The van der Waals surface area contributed by atoms with E-state index in [2.05, 4.69) is 20.1 Å². The molecule has 1 saturated heterocycles. The maximum Gasteiger partial charge on any atom is 0.278 e. The standard InChI is InChI=1S/C23H27N5O4/c1-4-30-18-5-7-19(8-6-18)31-16(3)23(29)28-11-9-17(10-12-28)21-26-22(32-27-21)20-14-24-15(2)13-25-20/h5-8,13-14,16-17H,4,9-12H2,1-3H3/t16-/m1/s1. The average Bonchev–Trinajstić information content (AvgIpc) is 3.31.